The van der Waals surface area contributed by atoms with E-state index < -0.39 is 0 Å². The minimum atomic E-state index is -0.123. The molecule has 0 unspecified atom stereocenters. The van der Waals surface area contributed by atoms with E-state index in [1.54, 1.807) is 12.4 Å². The minimum Gasteiger partial charge on any atom is -0.382 e. The van der Waals surface area contributed by atoms with Crippen molar-refractivity contribution in [3.05, 3.63) is 58.9 Å². The number of carbonyl (C=O) groups excluding carboxylic acids is 1. The van der Waals surface area contributed by atoms with Crippen LogP contribution in [-0.4, -0.2) is 23.5 Å². The molecule has 4 nitrogen and oxygen atoms in total. The number of amides is 1. The number of halogens is 1. The number of anilines is 1. The van der Waals surface area contributed by atoms with E-state index in [-0.39, 0.29) is 5.91 Å². The highest BCUT2D eigenvalue weighted by Gasteiger charge is 2.07. The Labute approximate surface area is 135 Å². The van der Waals surface area contributed by atoms with Gasteiger partial charge in [-0.15, -0.1) is 0 Å². The monoisotopic (exact) mass is 317 g/mol. The lowest BCUT2D eigenvalue weighted by molar-refractivity contribution is 0.0954. The number of carbonyl (C=O) groups is 1. The van der Waals surface area contributed by atoms with Gasteiger partial charge >= 0.3 is 0 Å². The summed E-state index contributed by atoms with van der Waals surface area (Å²) in [6.07, 6.45) is 4.02. The highest BCUT2D eigenvalue weighted by molar-refractivity contribution is 6.30. The zero-order valence-electron chi connectivity index (χ0n) is 12.8. The molecule has 22 heavy (non-hydrogen) atoms. The van der Waals surface area contributed by atoms with Gasteiger partial charge in [0.1, 0.15) is 0 Å². The molecule has 1 aromatic carbocycles. The Kier molecular flexibility index (Phi) is 5.78. The van der Waals surface area contributed by atoms with Gasteiger partial charge in [0, 0.05) is 30.0 Å². The first-order valence-corrected chi connectivity index (χ1v) is 7.66. The zero-order chi connectivity index (χ0) is 15.9. The Morgan fingerprint density at radius 3 is 2.82 bits per heavy atom. The van der Waals surface area contributed by atoms with Gasteiger partial charge in [0.2, 0.25) is 0 Å². The van der Waals surface area contributed by atoms with E-state index in [1.807, 2.05) is 44.2 Å². The van der Waals surface area contributed by atoms with Crippen LogP contribution in [0.3, 0.4) is 0 Å². The van der Waals surface area contributed by atoms with Crippen molar-refractivity contribution < 1.29 is 4.79 Å². The second-order valence-corrected chi connectivity index (χ2v) is 5.83. The standard InChI is InChI=1S/C17H20ClN3O/c1-12(2)21-16-9-14(10-19-11-16)17(22)20-7-6-13-4-3-5-15(18)8-13/h3-5,8-12,21H,6-7H2,1-2H3,(H,20,22). The third kappa shape index (κ3) is 5.04. The molecular formula is C17H20ClN3O. The zero-order valence-corrected chi connectivity index (χ0v) is 13.5. The first-order chi connectivity index (χ1) is 10.5. The van der Waals surface area contributed by atoms with E-state index in [1.165, 1.54) is 0 Å². The van der Waals surface area contributed by atoms with Gasteiger partial charge in [0.15, 0.2) is 0 Å². The van der Waals surface area contributed by atoms with E-state index in [2.05, 4.69) is 15.6 Å². The summed E-state index contributed by atoms with van der Waals surface area (Å²) in [5.74, 6) is -0.123. The molecule has 116 valence electrons. The Hall–Kier alpha value is -2.07. The third-order valence-electron chi connectivity index (χ3n) is 3.04. The van der Waals surface area contributed by atoms with Crippen LogP contribution in [0.2, 0.25) is 5.02 Å². The average molecular weight is 318 g/mol. The maximum atomic E-state index is 12.1. The third-order valence-corrected chi connectivity index (χ3v) is 3.28. The van der Waals surface area contributed by atoms with Crippen molar-refractivity contribution in [2.24, 2.45) is 0 Å². The maximum absolute atomic E-state index is 12.1. The number of benzene rings is 1. The molecule has 0 radical (unpaired) electrons. The summed E-state index contributed by atoms with van der Waals surface area (Å²) in [6.45, 7) is 4.64. The van der Waals surface area contributed by atoms with Crippen molar-refractivity contribution in [3.63, 3.8) is 0 Å². The SMILES string of the molecule is CC(C)Nc1cncc(C(=O)NCCc2cccc(Cl)c2)c1. The van der Waals surface area contributed by atoms with Gasteiger partial charge in [-0.05, 0) is 44.0 Å². The molecule has 2 rings (SSSR count). The van der Waals surface area contributed by atoms with Crippen molar-refractivity contribution in [1.82, 2.24) is 10.3 Å². The fourth-order valence-electron chi connectivity index (χ4n) is 2.09. The van der Waals surface area contributed by atoms with Gasteiger partial charge in [-0.3, -0.25) is 9.78 Å². The van der Waals surface area contributed by atoms with Crippen LogP contribution in [0.5, 0.6) is 0 Å². The van der Waals surface area contributed by atoms with Crippen molar-refractivity contribution in [1.29, 1.82) is 0 Å². The van der Waals surface area contributed by atoms with Crippen LogP contribution >= 0.6 is 11.6 Å². The number of nitrogens with zero attached hydrogens (tertiary/aromatic N) is 1. The van der Waals surface area contributed by atoms with Crippen molar-refractivity contribution in [3.8, 4) is 0 Å². The van der Waals surface area contributed by atoms with Gasteiger partial charge in [0.05, 0.1) is 11.3 Å². The lowest BCUT2D eigenvalue weighted by atomic mass is 10.1. The normalized spacial score (nSPS) is 10.5. The summed E-state index contributed by atoms with van der Waals surface area (Å²) in [5, 5.41) is 6.84. The fourth-order valence-corrected chi connectivity index (χ4v) is 2.30. The van der Waals surface area contributed by atoms with E-state index >= 15 is 0 Å². The largest absolute Gasteiger partial charge is 0.382 e. The molecule has 0 saturated carbocycles. The summed E-state index contributed by atoms with van der Waals surface area (Å²) in [6, 6.07) is 9.74. The quantitative estimate of drug-likeness (QED) is 0.857. The van der Waals surface area contributed by atoms with E-state index in [0.29, 0.717) is 23.2 Å². The van der Waals surface area contributed by atoms with Gasteiger partial charge in [-0.2, -0.15) is 0 Å². The van der Waals surface area contributed by atoms with E-state index in [4.69, 9.17) is 11.6 Å². The Bertz CT molecular complexity index is 643. The molecule has 0 fully saturated rings. The fraction of sp³-hybridized carbons (Fsp3) is 0.294. The average Bonchev–Trinajstić information content (AvgIpc) is 2.47. The maximum Gasteiger partial charge on any atom is 0.252 e. The van der Waals surface area contributed by atoms with Crippen LogP contribution in [0.4, 0.5) is 5.69 Å². The smallest absolute Gasteiger partial charge is 0.252 e. The van der Waals surface area contributed by atoms with Gasteiger partial charge in [-0.25, -0.2) is 0 Å². The van der Waals surface area contributed by atoms with Crippen molar-refractivity contribution >= 4 is 23.2 Å². The predicted octanol–water partition coefficient (Wildman–Crippen LogP) is 3.53. The lowest BCUT2D eigenvalue weighted by Crippen LogP contribution is -2.26. The van der Waals surface area contributed by atoms with Crippen LogP contribution in [0.15, 0.2) is 42.7 Å². The minimum absolute atomic E-state index is 0.123. The second kappa shape index (κ2) is 7.80. The number of nitrogens with one attached hydrogen (secondary N) is 2. The molecule has 1 amide bonds. The number of pyridine rings is 1. The molecule has 0 spiro atoms. The number of aromatic nitrogens is 1. The molecule has 0 aliphatic carbocycles. The van der Waals surface area contributed by atoms with Crippen LogP contribution < -0.4 is 10.6 Å². The van der Waals surface area contributed by atoms with Crippen molar-refractivity contribution in [2.75, 3.05) is 11.9 Å². The Balaban J connectivity index is 1.89. The molecular weight excluding hydrogens is 298 g/mol. The lowest BCUT2D eigenvalue weighted by Gasteiger charge is -2.11. The molecule has 0 saturated heterocycles. The molecule has 0 bridgehead atoms. The van der Waals surface area contributed by atoms with E-state index in [0.717, 1.165) is 17.7 Å². The molecule has 2 aromatic rings. The molecule has 2 N–H and O–H groups in total. The van der Waals surface area contributed by atoms with Crippen LogP contribution in [0.25, 0.3) is 0 Å². The summed E-state index contributed by atoms with van der Waals surface area (Å²) in [7, 11) is 0. The van der Waals surface area contributed by atoms with Gasteiger partial charge in [-0.1, -0.05) is 23.7 Å². The van der Waals surface area contributed by atoms with Crippen LogP contribution in [-0.2, 0) is 6.42 Å². The van der Waals surface area contributed by atoms with Gasteiger partial charge < -0.3 is 10.6 Å². The first kappa shape index (κ1) is 16.3. The number of rotatable bonds is 6. The summed E-state index contributed by atoms with van der Waals surface area (Å²) >= 11 is 5.94. The Morgan fingerprint density at radius 2 is 2.09 bits per heavy atom. The second-order valence-electron chi connectivity index (χ2n) is 5.40. The summed E-state index contributed by atoms with van der Waals surface area (Å²) < 4.78 is 0. The highest BCUT2D eigenvalue weighted by atomic mass is 35.5. The summed E-state index contributed by atoms with van der Waals surface area (Å²) in [5.41, 5.74) is 2.50. The topological polar surface area (TPSA) is 54.0 Å². The Morgan fingerprint density at radius 1 is 1.27 bits per heavy atom. The van der Waals surface area contributed by atoms with Gasteiger partial charge in [0.25, 0.3) is 5.91 Å². The molecule has 5 heteroatoms. The number of hydrogen-bond donors (Lipinski definition) is 2. The molecule has 1 heterocycles. The first-order valence-electron chi connectivity index (χ1n) is 7.29. The molecule has 0 aliphatic heterocycles. The number of hydrogen-bond acceptors (Lipinski definition) is 3. The van der Waals surface area contributed by atoms with E-state index in [9.17, 15) is 4.79 Å². The highest BCUT2D eigenvalue weighted by Crippen LogP contribution is 2.11. The van der Waals surface area contributed by atoms with Crippen LogP contribution in [0.1, 0.15) is 29.8 Å². The predicted molar refractivity (Wildman–Crippen MR) is 90.5 cm³/mol. The van der Waals surface area contributed by atoms with Crippen LogP contribution in [0, 0.1) is 0 Å². The molecule has 0 atom stereocenters. The summed E-state index contributed by atoms with van der Waals surface area (Å²) in [4.78, 5) is 16.2. The molecule has 0 aliphatic rings. The molecule has 1 aromatic heterocycles. The van der Waals surface area contributed by atoms with Crippen molar-refractivity contribution in [2.45, 2.75) is 26.3 Å².